The van der Waals surface area contributed by atoms with Gasteiger partial charge in [0.05, 0.1) is 25.4 Å². The molecule has 1 amide bonds. The molecule has 3 N–H and O–H groups in total. The average Bonchev–Trinajstić information content (AvgIpc) is 3.45. The first kappa shape index (κ1) is 77.3. The molecule has 0 aliphatic rings. The van der Waals surface area contributed by atoms with Crippen molar-refractivity contribution in [2.75, 3.05) is 13.2 Å². The Hall–Kier alpha value is -1.66. The van der Waals surface area contributed by atoms with Crippen molar-refractivity contribution < 1.29 is 24.5 Å². The number of unbranched alkanes of at least 4 members (excludes halogenated alkanes) is 53. The lowest BCUT2D eigenvalue weighted by Crippen LogP contribution is -2.45. The Morgan fingerprint density at radius 1 is 0.354 bits per heavy atom. The Kier molecular flexibility index (Phi) is 67.4. The number of nitrogens with one attached hydrogen (secondary N) is 1. The molecule has 0 saturated carbocycles. The van der Waals surface area contributed by atoms with Crippen molar-refractivity contribution in [3.63, 3.8) is 0 Å². The number of esters is 1. The van der Waals surface area contributed by atoms with E-state index >= 15 is 0 Å². The first-order chi connectivity index (χ1) is 39.0. The minimum Gasteiger partial charge on any atom is -0.466 e. The topological polar surface area (TPSA) is 95.9 Å². The number of carbonyl (C=O) groups is 2. The lowest BCUT2D eigenvalue weighted by atomic mass is 10.0. The normalized spacial score (nSPS) is 12.6. The number of aliphatic hydroxyl groups is 2. The van der Waals surface area contributed by atoms with Crippen molar-refractivity contribution >= 4 is 11.9 Å². The molecule has 2 unspecified atom stereocenters. The molecular formula is C73H141NO5. The van der Waals surface area contributed by atoms with Gasteiger partial charge in [-0.25, -0.2) is 0 Å². The van der Waals surface area contributed by atoms with Crippen LogP contribution >= 0.6 is 0 Å². The maximum atomic E-state index is 12.4. The van der Waals surface area contributed by atoms with E-state index in [0.717, 1.165) is 44.9 Å². The van der Waals surface area contributed by atoms with Gasteiger partial charge in [0.1, 0.15) is 0 Å². The monoisotopic (exact) mass is 1110 g/mol. The molecule has 0 rings (SSSR count). The van der Waals surface area contributed by atoms with Gasteiger partial charge in [0.25, 0.3) is 0 Å². The van der Waals surface area contributed by atoms with Crippen LogP contribution in [0, 0.1) is 0 Å². The molecular weight excluding hydrogens is 971 g/mol. The largest absolute Gasteiger partial charge is 0.466 e. The second kappa shape index (κ2) is 68.8. The highest BCUT2D eigenvalue weighted by molar-refractivity contribution is 5.76. The summed E-state index contributed by atoms with van der Waals surface area (Å²) in [5.74, 6) is -0.0115. The SMILES string of the molecule is CCCCCCCCCCCCCCCCCCCCC(=O)OCCCCCCCCCCCCC/C=C\C/C=C\CCCCCCCCCCCCCCCCCCCC(=O)NC(CO)C(O)CCCCCCCCCCC. The summed E-state index contributed by atoms with van der Waals surface area (Å²) in [7, 11) is 0. The molecule has 79 heavy (non-hydrogen) atoms. The summed E-state index contributed by atoms with van der Waals surface area (Å²) in [6.45, 7) is 4.97. The molecule has 0 fully saturated rings. The third-order valence-corrected chi connectivity index (χ3v) is 17.0. The van der Waals surface area contributed by atoms with Gasteiger partial charge in [0.2, 0.25) is 5.91 Å². The van der Waals surface area contributed by atoms with E-state index in [1.165, 1.54) is 327 Å². The molecule has 0 radical (unpaired) electrons. The number of allylic oxidation sites excluding steroid dienone is 4. The molecule has 0 bridgehead atoms. The van der Waals surface area contributed by atoms with Crippen LogP contribution in [0.1, 0.15) is 406 Å². The Labute approximate surface area is 494 Å². The fourth-order valence-electron chi connectivity index (χ4n) is 11.5. The third-order valence-electron chi connectivity index (χ3n) is 17.0. The molecule has 0 aromatic heterocycles. The number of hydrogen-bond acceptors (Lipinski definition) is 5. The Balaban J connectivity index is 3.32. The number of carbonyl (C=O) groups excluding carboxylic acids is 2. The second-order valence-electron chi connectivity index (χ2n) is 24.9. The van der Waals surface area contributed by atoms with E-state index < -0.39 is 12.1 Å². The van der Waals surface area contributed by atoms with Crippen molar-refractivity contribution in [1.29, 1.82) is 0 Å². The van der Waals surface area contributed by atoms with Gasteiger partial charge in [-0.05, 0) is 57.8 Å². The van der Waals surface area contributed by atoms with Crippen LogP contribution in [0.25, 0.3) is 0 Å². The quantitative estimate of drug-likeness (QED) is 0.0320. The van der Waals surface area contributed by atoms with Crippen LogP contribution in [-0.4, -0.2) is 47.4 Å². The second-order valence-corrected chi connectivity index (χ2v) is 24.9. The number of aliphatic hydroxyl groups excluding tert-OH is 2. The first-order valence-corrected chi connectivity index (χ1v) is 36.1. The Morgan fingerprint density at radius 3 is 0.962 bits per heavy atom. The molecule has 0 aliphatic carbocycles. The maximum Gasteiger partial charge on any atom is 0.305 e. The van der Waals surface area contributed by atoms with E-state index in [0.29, 0.717) is 25.9 Å². The summed E-state index contributed by atoms with van der Waals surface area (Å²) < 4.78 is 5.51. The average molecular weight is 1110 g/mol. The van der Waals surface area contributed by atoms with Gasteiger partial charge < -0.3 is 20.3 Å². The van der Waals surface area contributed by atoms with E-state index in [2.05, 4.69) is 43.5 Å². The van der Waals surface area contributed by atoms with Crippen molar-refractivity contribution in [2.45, 2.75) is 418 Å². The summed E-state index contributed by atoms with van der Waals surface area (Å²) in [4.78, 5) is 24.5. The van der Waals surface area contributed by atoms with Crippen LogP contribution in [0.5, 0.6) is 0 Å². The zero-order chi connectivity index (χ0) is 57.1. The number of hydrogen-bond donors (Lipinski definition) is 3. The van der Waals surface area contributed by atoms with Crippen LogP contribution in [0.2, 0.25) is 0 Å². The predicted octanol–water partition coefficient (Wildman–Crippen LogP) is 23.3. The standard InChI is InChI=1S/C73H141NO5/c1-3-5-7-9-11-13-14-15-16-17-38-41-44-47-51-55-59-63-67-73(78)79-68-64-60-56-52-48-45-42-39-36-34-32-30-28-26-24-22-20-18-19-21-23-25-27-29-31-33-35-37-40-43-46-50-54-58-62-66-72(77)74-70(69-75)71(76)65-61-57-53-49-12-10-8-6-4-2/h20,22,26,28,70-71,75-76H,3-19,21,23-25,27,29-69H2,1-2H3,(H,74,77)/b22-20-,28-26-. The molecule has 2 atom stereocenters. The molecule has 0 heterocycles. The van der Waals surface area contributed by atoms with Crippen LogP contribution in [-0.2, 0) is 14.3 Å². The number of ether oxygens (including phenoxy) is 1. The minimum atomic E-state index is -0.660. The molecule has 0 spiro atoms. The highest BCUT2D eigenvalue weighted by Gasteiger charge is 2.20. The predicted molar refractivity (Wildman–Crippen MR) is 347 cm³/mol. The molecule has 0 aliphatic heterocycles. The zero-order valence-corrected chi connectivity index (χ0v) is 53.6. The fourth-order valence-corrected chi connectivity index (χ4v) is 11.5. The van der Waals surface area contributed by atoms with Gasteiger partial charge in [-0.15, -0.1) is 0 Å². The van der Waals surface area contributed by atoms with Crippen LogP contribution in [0.15, 0.2) is 24.3 Å². The van der Waals surface area contributed by atoms with Gasteiger partial charge in [-0.1, -0.05) is 359 Å². The summed E-state index contributed by atoms with van der Waals surface area (Å²) in [6.07, 6.45) is 86.9. The lowest BCUT2D eigenvalue weighted by molar-refractivity contribution is -0.143. The van der Waals surface area contributed by atoms with Crippen LogP contribution in [0.3, 0.4) is 0 Å². The van der Waals surface area contributed by atoms with Gasteiger partial charge in [-0.2, -0.15) is 0 Å². The van der Waals surface area contributed by atoms with E-state index in [1.54, 1.807) is 0 Å². The van der Waals surface area contributed by atoms with Crippen molar-refractivity contribution in [3.05, 3.63) is 24.3 Å². The third kappa shape index (κ3) is 65.4. The van der Waals surface area contributed by atoms with Crippen molar-refractivity contribution in [3.8, 4) is 0 Å². The zero-order valence-electron chi connectivity index (χ0n) is 53.6. The van der Waals surface area contributed by atoms with Gasteiger partial charge in [-0.3, -0.25) is 9.59 Å². The first-order valence-electron chi connectivity index (χ1n) is 36.1. The minimum absolute atomic E-state index is 0.0218. The fraction of sp³-hybridized carbons (Fsp3) is 0.918. The summed E-state index contributed by atoms with van der Waals surface area (Å²) in [6, 6.07) is -0.537. The van der Waals surface area contributed by atoms with E-state index in [9.17, 15) is 19.8 Å². The van der Waals surface area contributed by atoms with Crippen molar-refractivity contribution in [2.24, 2.45) is 0 Å². The summed E-state index contributed by atoms with van der Waals surface area (Å²) >= 11 is 0. The number of amides is 1. The van der Waals surface area contributed by atoms with E-state index in [-0.39, 0.29) is 18.5 Å². The van der Waals surface area contributed by atoms with Gasteiger partial charge in [0.15, 0.2) is 0 Å². The van der Waals surface area contributed by atoms with Crippen LogP contribution < -0.4 is 5.32 Å². The highest BCUT2D eigenvalue weighted by atomic mass is 16.5. The summed E-state index contributed by atoms with van der Waals surface area (Å²) in [5, 5.41) is 23.1. The summed E-state index contributed by atoms with van der Waals surface area (Å²) in [5.41, 5.74) is 0. The molecule has 0 aromatic carbocycles. The molecule has 0 saturated heterocycles. The smallest absolute Gasteiger partial charge is 0.305 e. The highest BCUT2D eigenvalue weighted by Crippen LogP contribution is 2.19. The lowest BCUT2D eigenvalue weighted by Gasteiger charge is -2.22. The Bertz CT molecular complexity index is 1230. The van der Waals surface area contributed by atoms with Gasteiger partial charge >= 0.3 is 5.97 Å². The Morgan fingerprint density at radius 2 is 0.633 bits per heavy atom. The molecule has 6 heteroatoms. The maximum absolute atomic E-state index is 12.4. The van der Waals surface area contributed by atoms with Gasteiger partial charge in [0, 0.05) is 12.8 Å². The molecule has 0 aromatic rings. The van der Waals surface area contributed by atoms with E-state index in [4.69, 9.17) is 4.74 Å². The van der Waals surface area contributed by atoms with Crippen molar-refractivity contribution in [1.82, 2.24) is 5.32 Å². The number of rotatable bonds is 68. The molecule has 6 nitrogen and oxygen atoms in total. The molecule has 468 valence electrons. The van der Waals surface area contributed by atoms with E-state index in [1.807, 2.05) is 0 Å². The van der Waals surface area contributed by atoms with Crippen LogP contribution in [0.4, 0.5) is 0 Å².